The van der Waals surface area contributed by atoms with Crippen molar-refractivity contribution in [1.82, 2.24) is 15.3 Å². The molecule has 0 radical (unpaired) electrons. The molecule has 40 heavy (non-hydrogen) atoms. The second-order valence-corrected chi connectivity index (χ2v) is 9.43. The molecule has 9 nitrogen and oxygen atoms in total. The number of para-hydroxylation sites is 5. The van der Waals surface area contributed by atoms with Gasteiger partial charge in [-0.25, -0.2) is 4.98 Å². The predicted octanol–water partition coefficient (Wildman–Crippen LogP) is 3.39. The van der Waals surface area contributed by atoms with E-state index >= 15 is 0 Å². The Hall–Kier alpha value is -5.44. The van der Waals surface area contributed by atoms with Crippen LogP contribution in [-0.2, 0) is 16.1 Å². The first-order valence-corrected chi connectivity index (χ1v) is 12.8. The van der Waals surface area contributed by atoms with E-state index in [-0.39, 0.29) is 19.0 Å². The van der Waals surface area contributed by atoms with Crippen molar-refractivity contribution in [3.63, 3.8) is 0 Å². The smallest absolute Gasteiger partial charge is 0.260 e. The first-order valence-electron chi connectivity index (χ1n) is 12.8. The minimum Gasteiger partial charge on any atom is -0.548 e. The minimum absolute atomic E-state index is 0.236. The Morgan fingerprint density at radius 3 is 2.15 bits per heavy atom. The van der Waals surface area contributed by atoms with Crippen molar-refractivity contribution in [2.24, 2.45) is 0 Å². The van der Waals surface area contributed by atoms with Crippen LogP contribution in [0.5, 0.6) is 0 Å². The number of aromatic nitrogens is 2. The third-order valence-corrected chi connectivity index (χ3v) is 6.83. The first-order chi connectivity index (χ1) is 19.5. The SMILES string of the molecule is O=C([O-])CN1c2ccccc2C(=O)N(CC(=O)NCc2ccc(-c3nc4ccccc4[nH]3)cc2)c2ccccc21. The van der Waals surface area contributed by atoms with Gasteiger partial charge in [0, 0.05) is 12.1 Å². The predicted molar refractivity (Wildman–Crippen MR) is 150 cm³/mol. The van der Waals surface area contributed by atoms with Crippen LogP contribution in [0.15, 0.2) is 97.1 Å². The lowest BCUT2D eigenvalue weighted by molar-refractivity contribution is -0.303. The number of carbonyl (C=O) groups is 3. The zero-order chi connectivity index (χ0) is 27.6. The lowest BCUT2D eigenvalue weighted by atomic mass is 10.1. The molecule has 2 heterocycles. The van der Waals surface area contributed by atoms with Gasteiger partial charge in [0.2, 0.25) is 5.91 Å². The van der Waals surface area contributed by atoms with Crippen molar-refractivity contribution in [3.05, 3.63) is 108 Å². The van der Waals surface area contributed by atoms with E-state index in [4.69, 9.17) is 0 Å². The monoisotopic (exact) mass is 530 g/mol. The largest absolute Gasteiger partial charge is 0.548 e. The van der Waals surface area contributed by atoms with Gasteiger partial charge in [-0.15, -0.1) is 0 Å². The number of rotatable bonds is 7. The number of imidazole rings is 1. The van der Waals surface area contributed by atoms with Gasteiger partial charge in [-0.2, -0.15) is 0 Å². The molecule has 4 aromatic carbocycles. The van der Waals surface area contributed by atoms with E-state index in [1.165, 1.54) is 9.80 Å². The third-order valence-electron chi connectivity index (χ3n) is 6.83. The zero-order valence-electron chi connectivity index (χ0n) is 21.3. The summed E-state index contributed by atoms with van der Waals surface area (Å²) in [5.74, 6) is -1.26. The number of nitrogens with one attached hydrogen (secondary N) is 2. The summed E-state index contributed by atoms with van der Waals surface area (Å²) in [6, 6.07) is 29.2. The van der Waals surface area contributed by atoms with Gasteiger partial charge in [0.15, 0.2) is 0 Å². The molecule has 0 spiro atoms. The molecule has 2 amide bonds. The summed E-state index contributed by atoms with van der Waals surface area (Å²) in [7, 11) is 0. The van der Waals surface area contributed by atoms with Crippen LogP contribution in [0.25, 0.3) is 22.4 Å². The van der Waals surface area contributed by atoms with E-state index < -0.39 is 18.4 Å². The van der Waals surface area contributed by atoms with Crippen LogP contribution >= 0.6 is 0 Å². The normalized spacial score (nSPS) is 12.6. The Morgan fingerprint density at radius 1 is 0.775 bits per heavy atom. The number of aliphatic carboxylic acids is 1. The van der Waals surface area contributed by atoms with E-state index in [1.54, 1.807) is 48.5 Å². The first kappa shape index (κ1) is 24.9. The molecule has 0 saturated heterocycles. The van der Waals surface area contributed by atoms with Crippen LogP contribution in [0.3, 0.4) is 0 Å². The number of amides is 2. The zero-order valence-corrected chi connectivity index (χ0v) is 21.3. The molecule has 9 heteroatoms. The van der Waals surface area contributed by atoms with E-state index in [1.807, 2.05) is 48.5 Å². The Kier molecular flexibility index (Phi) is 6.45. The second kappa shape index (κ2) is 10.4. The van der Waals surface area contributed by atoms with Crippen molar-refractivity contribution in [1.29, 1.82) is 0 Å². The number of hydrogen-bond acceptors (Lipinski definition) is 6. The van der Waals surface area contributed by atoms with Gasteiger partial charge in [-0.05, 0) is 42.0 Å². The van der Waals surface area contributed by atoms with Crippen LogP contribution in [0, 0.1) is 0 Å². The summed E-state index contributed by atoms with van der Waals surface area (Å²) in [4.78, 5) is 49.1. The van der Waals surface area contributed by atoms with E-state index in [2.05, 4.69) is 15.3 Å². The molecular weight excluding hydrogens is 506 g/mol. The molecule has 2 N–H and O–H groups in total. The maximum absolute atomic E-state index is 13.6. The Balaban J connectivity index is 1.19. The van der Waals surface area contributed by atoms with Gasteiger partial charge in [0.1, 0.15) is 12.4 Å². The molecule has 1 aliphatic rings. The van der Waals surface area contributed by atoms with Crippen LogP contribution in [-0.4, -0.2) is 40.8 Å². The average Bonchev–Trinajstić information content (AvgIpc) is 3.39. The summed E-state index contributed by atoms with van der Waals surface area (Å²) in [5.41, 5.74) is 5.35. The molecule has 198 valence electrons. The van der Waals surface area contributed by atoms with Crippen LogP contribution < -0.4 is 20.2 Å². The number of carboxylic acid groups (broad SMARTS) is 1. The number of carboxylic acids is 1. The quantitative estimate of drug-likeness (QED) is 0.333. The highest BCUT2D eigenvalue weighted by molar-refractivity contribution is 6.16. The number of anilines is 3. The molecular formula is C31H24N5O4-. The van der Waals surface area contributed by atoms with Gasteiger partial charge in [0.05, 0.1) is 46.2 Å². The maximum Gasteiger partial charge on any atom is 0.260 e. The highest BCUT2D eigenvalue weighted by atomic mass is 16.4. The molecule has 0 unspecified atom stereocenters. The number of nitrogens with zero attached hydrogens (tertiary/aromatic N) is 3. The molecule has 0 fully saturated rings. The topological polar surface area (TPSA) is 121 Å². The number of fused-ring (bicyclic) bond motifs is 3. The van der Waals surface area contributed by atoms with E-state index in [0.29, 0.717) is 22.6 Å². The van der Waals surface area contributed by atoms with Gasteiger partial charge >= 0.3 is 0 Å². The highest BCUT2D eigenvalue weighted by Gasteiger charge is 2.31. The van der Waals surface area contributed by atoms with Crippen molar-refractivity contribution in [2.45, 2.75) is 6.54 Å². The summed E-state index contributed by atoms with van der Waals surface area (Å²) in [5, 5.41) is 14.5. The van der Waals surface area contributed by atoms with Gasteiger partial charge in [-0.1, -0.05) is 60.7 Å². The average molecular weight is 531 g/mol. The third kappa shape index (κ3) is 4.76. The number of carbonyl (C=O) groups excluding carboxylic acids is 3. The molecule has 0 aliphatic carbocycles. The second-order valence-electron chi connectivity index (χ2n) is 9.43. The van der Waals surface area contributed by atoms with Crippen molar-refractivity contribution >= 4 is 45.9 Å². The molecule has 0 saturated carbocycles. The fourth-order valence-corrected chi connectivity index (χ4v) is 4.92. The summed E-state index contributed by atoms with van der Waals surface area (Å²) < 4.78 is 0. The van der Waals surface area contributed by atoms with Crippen molar-refractivity contribution in [2.75, 3.05) is 22.9 Å². The standard InChI is InChI=1S/C31H25N5O4/c37-28(32-17-20-13-15-21(16-14-20)30-33-23-8-2-3-9-24(23)34-30)18-36-27-12-6-5-11-26(27)35(19-29(38)39)25-10-4-1-7-22(25)31(36)40/h1-16H,17-19H2,(H,32,37)(H,33,34)(H,38,39)/p-1. The van der Waals surface area contributed by atoms with Crippen molar-refractivity contribution in [3.8, 4) is 11.4 Å². The van der Waals surface area contributed by atoms with Crippen LogP contribution in [0.1, 0.15) is 15.9 Å². The lowest BCUT2D eigenvalue weighted by Gasteiger charge is -2.27. The molecule has 1 aliphatic heterocycles. The number of aromatic amines is 1. The maximum atomic E-state index is 13.6. The fraction of sp³-hybridized carbons (Fsp3) is 0.0968. The molecule has 6 rings (SSSR count). The van der Waals surface area contributed by atoms with Crippen LogP contribution in [0.4, 0.5) is 17.1 Å². The summed E-state index contributed by atoms with van der Waals surface area (Å²) in [6.45, 7) is -0.401. The Labute approximate surface area is 229 Å². The highest BCUT2D eigenvalue weighted by Crippen LogP contribution is 2.40. The lowest BCUT2D eigenvalue weighted by Crippen LogP contribution is -2.40. The van der Waals surface area contributed by atoms with E-state index in [9.17, 15) is 19.5 Å². The summed E-state index contributed by atoms with van der Waals surface area (Å²) >= 11 is 0. The van der Waals surface area contributed by atoms with Gasteiger partial charge in [-0.3, -0.25) is 14.5 Å². The Bertz CT molecular complexity index is 1710. The van der Waals surface area contributed by atoms with Gasteiger partial charge < -0.3 is 25.1 Å². The molecule has 0 bridgehead atoms. The van der Waals surface area contributed by atoms with E-state index in [0.717, 1.165) is 28.0 Å². The van der Waals surface area contributed by atoms with Crippen molar-refractivity contribution < 1.29 is 19.5 Å². The number of hydrogen-bond donors (Lipinski definition) is 2. The number of H-pyrrole nitrogens is 1. The van der Waals surface area contributed by atoms with Crippen LogP contribution in [0.2, 0.25) is 0 Å². The Morgan fingerprint density at radius 2 is 1.43 bits per heavy atom. The number of benzene rings is 4. The summed E-state index contributed by atoms with van der Waals surface area (Å²) in [6.07, 6.45) is 0. The molecule has 1 aromatic heterocycles. The molecule has 0 atom stereocenters. The minimum atomic E-state index is -1.28. The van der Waals surface area contributed by atoms with Gasteiger partial charge in [0.25, 0.3) is 5.91 Å². The fourth-order valence-electron chi connectivity index (χ4n) is 4.92. The molecule has 5 aromatic rings.